The van der Waals surface area contributed by atoms with Crippen LogP contribution in [0.1, 0.15) is 16.8 Å². The van der Waals surface area contributed by atoms with Crippen molar-refractivity contribution in [2.45, 2.75) is 16.9 Å². The second-order valence-electron chi connectivity index (χ2n) is 5.60. The lowest BCUT2D eigenvalue weighted by molar-refractivity contribution is 0.0959. The SMILES string of the molecule is O=C(NC(=O)c1c(F)cccc1F)Nc1ccc(OC2CC2(Cl)Cl)cc1. The Kier molecular flexibility index (Phi) is 5.02. The Hall–Kier alpha value is -2.38. The molecule has 1 aliphatic carbocycles. The van der Waals surface area contributed by atoms with Crippen LogP contribution in [0.4, 0.5) is 19.3 Å². The molecule has 3 rings (SSSR count). The maximum absolute atomic E-state index is 13.5. The van der Waals surface area contributed by atoms with Crippen molar-refractivity contribution in [3.8, 4) is 5.75 Å². The van der Waals surface area contributed by atoms with Gasteiger partial charge >= 0.3 is 6.03 Å². The minimum absolute atomic E-state index is 0.291. The lowest BCUT2D eigenvalue weighted by Gasteiger charge is -2.09. The summed E-state index contributed by atoms with van der Waals surface area (Å²) in [5.74, 6) is -2.81. The van der Waals surface area contributed by atoms with E-state index >= 15 is 0 Å². The van der Waals surface area contributed by atoms with E-state index in [0.717, 1.165) is 18.2 Å². The van der Waals surface area contributed by atoms with E-state index < -0.39 is 33.5 Å². The molecule has 1 aliphatic rings. The Morgan fingerprint density at radius 3 is 2.19 bits per heavy atom. The molecule has 0 aliphatic heterocycles. The molecule has 136 valence electrons. The second kappa shape index (κ2) is 7.09. The molecule has 0 bridgehead atoms. The molecule has 1 saturated carbocycles. The smallest absolute Gasteiger partial charge is 0.326 e. The maximum Gasteiger partial charge on any atom is 0.326 e. The third kappa shape index (κ3) is 4.23. The molecular formula is C17H12Cl2F2N2O3. The van der Waals surface area contributed by atoms with E-state index in [1.807, 2.05) is 5.32 Å². The monoisotopic (exact) mass is 400 g/mol. The van der Waals surface area contributed by atoms with E-state index in [0.29, 0.717) is 17.9 Å². The van der Waals surface area contributed by atoms with Crippen LogP contribution in [-0.2, 0) is 0 Å². The third-order valence-corrected chi connectivity index (χ3v) is 4.37. The number of anilines is 1. The van der Waals surface area contributed by atoms with Crippen LogP contribution in [0.2, 0.25) is 0 Å². The van der Waals surface area contributed by atoms with Crippen molar-refractivity contribution in [1.82, 2.24) is 5.32 Å². The fourth-order valence-electron chi connectivity index (χ4n) is 2.14. The molecule has 2 N–H and O–H groups in total. The summed E-state index contributed by atoms with van der Waals surface area (Å²) in [6.07, 6.45) is 0.231. The van der Waals surface area contributed by atoms with Gasteiger partial charge in [0.2, 0.25) is 0 Å². The van der Waals surface area contributed by atoms with Gasteiger partial charge in [0, 0.05) is 12.1 Å². The van der Waals surface area contributed by atoms with E-state index in [2.05, 4.69) is 5.32 Å². The van der Waals surface area contributed by atoms with Crippen LogP contribution >= 0.6 is 23.2 Å². The largest absolute Gasteiger partial charge is 0.487 e. The first-order valence-electron chi connectivity index (χ1n) is 7.47. The molecule has 3 amide bonds. The van der Waals surface area contributed by atoms with Crippen LogP contribution in [0.25, 0.3) is 0 Å². The molecule has 0 aromatic heterocycles. The first-order chi connectivity index (χ1) is 12.3. The van der Waals surface area contributed by atoms with Gasteiger partial charge in [-0.1, -0.05) is 29.3 Å². The number of amides is 3. The molecule has 5 nitrogen and oxygen atoms in total. The zero-order valence-corrected chi connectivity index (χ0v) is 14.6. The van der Waals surface area contributed by atoms with Crippen molar-refractivity contribution < 1.29 is 23.1 Å². The van der Waals surface area contributed by atoms with Crippen molar-refractivity contribution in [2.75, 3.05) is 5.32 Å². The average molecular weight is 401 g/mol. The summed E-state index contributed by atoms with van der Waals surface area (Å²) < 4.78 is 31.7. The highest BCUT2D eigenvalue weighted by molar-refractivity contribution is 6.51. The number of imide groups is 1. The molecule has 26 heavy (non-hydrogen) atoms. The van der Waals surface area contributed by atoms with Gasteiger partial charge in [-0.05, 0) is 36.4 Å². The average Bonchev–Trinajstić information content (AvgIpc) is 3.15. The predicted molar refractivity (Wildman–Crippen MR) is 92.8 cm³/mol. The zero-order chi connectivity index (χ0) is 18.9. The molecule has 2 aromatic carbocycles. The van der Waals surface area contributed by atoms with Crippen molar-refractivity contribution in [3.05, 3.63) is 59.7 Å². The Bertz CT molecular complexity index is 839. The van der Waals surface area contributed by atoms with E-state index in [4.69, 9.17) is 27.9 Å². The van der Waals surface area contributed by atoms with Gasteiger partial charge in [-0.3, -0.25) is 10.1 Å². The Morgan fingerprint density at radius 2 is 1.65 bits per heavy atom. The van der Waals surface area contributed by atoms with Crippen molar-refractivity contribution in [3.63, 3.8) is 0 Å². The van der Waals surface area contributed by atoms with Crippen molar-refractivity contribution in [1.29, 1.82) is 0 Å². The molecule has 2 aromatic rings. The van der Waals surface area contributed by atoms with Crippen molar-refractivity contribution >= 4 is 40.8 Å². The lowest BCUT2D eigenvalue weighted by Crippen LogP contribution is -2.35. The number of carbonyl (C=O) groups is 2. The van der Waals surface area contributed by atoms with Crippen molar-refractivity contribution in [2.24, 2.45) is 0 Å². The molecule has 9 heteroatoms. The number of urea groups is 1. The van der Waals surface area contributed by atoms with Crippen LogP contribution < -0.4 is 15.4 Å². The molecule has 1 fully saturated rings. The van der Waals surface area contributed by atoms with Crippen LogP contribution in [0.15, 0.2) is 42.5 Å². The molecule has 0 radical (unpaired) electrons. The number of ether oxygens (including phenoxy) is 1. The van der Waals surface area contributed by atoms with Crippen LogP contribution in [-0.4, -0.2) is 22.4 Å². The highest BCUT2D eigenvalue weighted by atomic mass is 35.5. The van der Waals surface area contributed by atoms with Gasteiger partial charge in [0.05, 0.1) is 0 Å². The first-order valence-corrected chi connectivity index (χ1v) is 8.23. The zero-order valence-electron chi connectivity index (χ0n) is 13.1. The van der Waals surface area contributed by atoms with Crippen LogP contribution in [0.5, 0.6) is 5.75 Å². The topological polar surface area (TPSA) is 67.4 Å². The van der Waals surface area contributed by atoms with Gasteiger partial charge in [0.15, 0.2) is 4.33 Å². The summed E-state index contributed by atoms with van der Waals surface area (Å²) in [6.45, 7) is 0. The maximum atomic E-state index is 13.5. The third-order valence-electron chi connectivity index (χ3n) is 3.58. The predicted octanol–water partition coefficient (Wildman–Crippen LogP) is 4.25. The standard InChI is InChI=1S/C17H12Cl2F2N2O3/c18-17(19)8-13(17)26-10-6-4-9(5-7-10)22-16(25)23-15(24)14-11(20)2-1-3-12(14)21/h1-7,13H,8H2,(H2,22,23,24,25). The number of carbonyl (C=O) groups excluding carboxylic acids is 2. The minimum atomic E-state index is -1.19. The Labute approximate surface area is 157 Å². The van der Waals surface area contributed by atoms with Gasteiger partial charge < -0.3 is 10.1 Å². The molecular weight excluding hydrogens is 389 g/mol. The number of halogens is 4. The summed E-state index contributed by atoms with van der Waals surface area (Å²) >= 11 is 11.7. The number of alkyl halides is 2. The lowest BCUT2D eigenvalue weighted by atomic mass is 10.2. The summed E-state index contributed by atoms with van der Waals surface area (Å²) in [5, 5.41) is 4.23. The van der Waals surface area contributed by atoms with Gasteiger partial charge in [0.25, 0.3) is 5.91 Å². The van der Waals surface area contributed by atoms with Gasteiger partial charge in [0.1, 0.15) is 29.1 Å². The number of hydrogen-bond donors (Lipinski definition) is 2. The molecule has 0 saturated heterocycles. The molecule has 0 spiro atoms. The fraction of sp³-hybridized carbons (Fsp3) is 0.176. The highest BCUT2D eigenvalue weighted by Gasteiger charge is 2.54. The fourth-order valence-corrected chi connectivity index (χ4v) is 2.51. The number of benzene rings is 2. The molecule has 1 unspecified atom stereocenters. The van der Waals surface area contributed by atoms with E-state index in [1.54, 1.807) is 12.1 Å². The summed E-state index contributed by atoms with van der Waals surface area (Å²) in [6, 6.07) is 8.23. The van der Waals surface area contributed by atoms with Gasteiger partial charge in [-0.15, -0.1) is 0 Å². The number of hydrogen-bond acceptors (Lipinski definition) is 3. The second-order valence-corrected chi connectivity index (χ2v) is 7.14. The van der Waals surface area contributed by atoms with Gasteiger partial charge in [-0.25, -0.2) is 13.6 Å². The van der Waals surface area contributed by atoms with Crippen LogP contribution in [0.3, 0.4) is 0 Å². The Balaban J connectivity index is 1.57. The summed E-state index contributed by atoms with van der Waals surface area (Å²) in [5.41, 5.74) is -0.489. The first kappa shape index (κ1) is 18.4. The molecule has 0 heterocycles. The highest BCUT2D eigenvalue weighted by Crippen LogP contribution is 2.49. The van der Waals surface area contributed by atoms with E-state index in [9.17, 15) is 18.4 Å². The summed E-state index contributed by atoms with van der Waals surface area (Å²) in [4.78, 5) is 23.7. The van der Waals surface area contributed by atoms with Gasteiger partial charge in [-0.2, -0.15) is 0 Å². The minimum Gasteiger partial charge on any atom is -0.487 e. The quantitative estimate of drug-likeness (QED) is 0.753. The summed E-state index contributed by atoms with van der Waals surface area (Å²) in [7, 11) is 0. The number of nitrogens with one attached hydrogen (secondary N) is 2. The van der Waals surface area contributed by atoms with E-state index in [1.165, 1.54) is 12.1 Å². The Morgan fingerprint density at radius 1 is 1.08 bits per heavy atom. The van der Waals surface area contributed by atoms with E-state index in [-0.39, 0.29) is 6.10 Å². The van der Waals surface area contributed by atoms with Crippen LogP contribution in [0, 0.1) is 11.6 Å². The molecule has 1 atom stereocenters. The number of rotatable bonds is 4. The normalized spacial score (nSPS) is 17.3.